The maximum Gasteiger partial charge on any atom is 0.433 e. The molecule has 220 valence electrons. The average Bonchev–Trinajstić information content (AvgIpc) is 3.60. The molecule has 1 aliphatic carbocycles. The third-order valence-electron chi connectivity index (χ3n) is 8.29. The van der Waals surface area contributed by atoms with Crippen molar-refractivity contribution in [3.63, 3.8) is 0 Å². The molecule has 0 amide bonds. The van der Waals surface area contributed by atoms with E-state index >= 15 is 0 Å². The highest BCUT2D eigenvalue weighted by Crippen LogP contribution is 2.45. The average molecular weight is 581 g/mol. The minimum atomic E-state index is -4.67. The van der Waals surface area contributed by atoms with Crippen LogP contribution in [0.4, 0.5) is 13.2 Å². The smallest absolute Gasteiger partial charge is 0.386 e. The fourth-order valence-corrected chi connectivity index (χ4v) is 5.91. The first-order valence-corrected chi connectivity index (χ1v) is 13.8. The Hall–Kier alpha value is -3.99. The van der Waals surface area contributed by atoms with Crippen LogP contribution < -0.4 is 4.84 Å². The van der Waals surface area contributed by atoms with Gasteiger partial charge >= 0.3 is 6.18 Å². The number of alkyl halides is 3. The van der Waals surface area contributed by atoms with Crippen LogP contribution in [-0.4, -0.2) is 72.0 Å². The zero-order valence-corrected chi connectivity index (χ0v) is 23.3. The van der Waals surface area contributed by atoms with Crippen molar-refractivity contribution in [3.8, 4) is 23.1 Å². The zero-order valence-electron chi connectivity index (χ0n) is 23.3. The molecule has 4 aromatic rings. The van der Waals surface area contributed by atoms with Gasteiger partial charge in [0.25, 0.3) is 0 Å². The number of nitrogens with zero attached hydrogens (tertiary/aromatic N) is 7. The van der Waals surface area contributed by atoms with Gasteiger partial charge in [0, 0.05) is 67.8 Å². The van der Waals surface area contributed by atoms with Crippen LogP contribution in [0.3, 0.4) is 0 Å². The quantitative estimate of drug-likeness (QED) is 0.329. The molecule has 13 heteroatoms. The summed E-state index contributed by atoms with van der Waals surface area (Å²) < 4.78 is 42.2. The molecule has 0 spiro atoms. The Morgan fingerprint density at radius 1 is 1.17 bits per heavy atom. The molecular formula is C29H31F3N8O2. The van der Waals surface area contributed by atoms with Crippen molar-refractivity contribution in [2.45, 2.75) is 56.5 Å². The maximum atomic E-state index is 13.4. The van der Waals surface area contributed by atoms with Gasteiger partial charge in [0.1, 0.15) is 11.3 Å². The number of hydrogen-bond donors (Lipinski definition) is 2. The van der Waals surface area contributed by atoms with E-state index in [2.05, 4.69) is 31.0 Å². The second-order valence-corrected chi connectivity index (χ2v) is 11.6. The van der Waals surface area contributed by atoms with E-state index in [1.165, 1.54) is 19.9 Å². The Morgan fingerprint density at radius 2 is 1.93 bits per heavy atom. The van der Waals surface area contributed by atoms with Crippen LogP contribution in [0.25, 0.3) is 22.2 Å². The lowest BCUT2D eigenvalue weighted by molar-refractivity contribution is -0.143. The van der Waals surface area contributed by atoms with Gasteiger partial charge in [0.05, 0.1) is 29.8 Å². The number of halogens is 3. The van der Waals surface area contributed by atoms with Crippen molar-refractivity contribution >= 4 is 11.0 Å². The Balaban J connectivity index is 1.10. The van der Waals surface area contributed by atoms with E-state index in [-0.39, 0.29) is 17.5 Å². The minimum Gasteiger partial charge on any atom is -0.386 e. The number of pyridine rings is 2. The van der Waals surface area contributed by atoms with Gasteiger partial charge in [-0.2, -0.15) is 23.5 Å². The predicted octanol–water partition coefficient (Wildman–Crippen LogP) is 4.45. The number of piperazine rings is 1. The lowest BCUT2D eigenvalue weighted by Crippen LogP contribution is -2.60. The van der Waals surface area contributed by atoms with Crippen molar-refractivity contribution < 1.29 is 23.1 Å². The first kappa shape index (κ1) is 28.1. The number of aromatic amines is 1. The van der Waals surface area contributed by atoms with E-state index in [9.17, 15) is 23.5 Å². The topological polar surface area (TPSA) is 119 Å². The van der Waals surface area contributed by atoms with Crippen LogP contribution >= 0.6 is 0 Å². The highest BCUT2D eigenvalue weighted by Gasteiger charge is 2.49. The molecule has 5 heterocycles. The maximum absolute atomic E-state index is 13.4. The number of aliphatic hydroxyl groups is 1. The van der Waals surface area contributed by atoms with Gasteiger partial charge in [-0.3, -0.25) is 9.58 Å². The summed E-state index contributed by atoms with van der Waals surface area (Å²) in [7, 11) is 0. The number of hydrogen-bond acceptors (Lipinski definition) is 8. The van der Waals surface area contributed by atoms with Gasteiger partial charge in [0.2, 0.25) is 5.88 Å². The minimum absolute atomic E-state index is 0.0741. The molecule has 1 saturated heterocycles. The summed E-state index contributed by atoms with van der Waals surface area (Å²) in [6.07, 6.45) is 4.65. The predicted molar refractivity (Wildman–Crippen MR) is 147 cm³/mol. The number of rotatable bonds is 7. The molecule has 6 rings (SSSR count). The SMILES string of the molecule is CC(C)(O)c1cc(ON2CCN([C@H]3C[C@](CC#N)(n4cc(-c5ccnc6[nH]ccc56)cn4)C3)CC2)nc(C(F)(F)F)c1. The number of aromatic nitrogens is 5. The van der Waals surface area contributed by atoms with E-state index < -0.39 is 23.0 Å². The molecule has 2 N–H and O–H groups in total. The van der Waals surface area contributed by atoms with E-state index in [0.29, 0.717) is 32.6 Å². The molecule has 2 aliphatic rings. The summed E-state index contributed by atoms with van der Waals surface area (Å²) in [6.45, 7) is 5.07. The molecule has 42 heavy (non-hydrogen) atoms. The fourth-order valence-electron chi connectivity index (χ4n) is 5.91. The van der Waals surface area contributed by atoms with Crippen molar-refractivity contribution in [1.29, 1.82) is 5.26 Å². The van der Waals surface area contributed by atoms with E-state index in [4.69, 9.17) is 4.84 Å². The molecular weight excluding hydrogens is 549 g/mol. The fraction of sp³-hybridized carbons (Fsp3) is 0.448. The van der Waals surface area contributed by atoms with Gasteiger partial charge in [-0.15, -0.1) is 5.06 Å². The van der Waals surface area contributed by atoms with Crippen LogP contribution in [0.1, 0.15) is 44.4 Å². The molecule has 0 aromatic carbocycles. The van der Waals surface area contributed by atoms with Gasteiger partial charge in [0.15, 0.2) is 0 Å². The Bertz CT molecular complexity index is 1590. The molecule has 0 bridgehead atoms. The number of fused-ring (bicyclic) bond motifs is 1. The van der Waals surface area contributed by atoms with Crippen molar-refractivity contribution in [1.82, 2.24) is 34.7 Å². The van der Waals surface area contributed by atoms with Gasteiger partial charge < -0.3 is 14.9 Å². The largest absolute Gasteiger partial charge is 0.433 e. The molecule has 10 nitrogen and oxygen atoms in total. The summed E-state index contributed by atoms with van der Waals surface area (Å²) in [5.74, 6) is -0.201. The number of nitrogens with one attached hydrogen (secondary N) is 1. The summed E-state index contributed by atoms with van der Waals surface area (Å²) in [5, 5.41) is 27.2. The second kappa shape index (κ2) is 10.4. The second-order valence-electron chi connectivity index (χ2n) is 11.6. The lowest BCUT2D eigenvalue weighted by Gasteiger charge is -2.52. The molecule has 0 unspecified atom stereocenters. The van der Waals surface area contributed by atoms with Crippen LogP contribution in [0.15, 0.2) is 49.1 Å². The third-order valence-corrected chi connectivity index (χ3v) is 8.29. The number of nitriles is 1. The Kier molecular flexibility index (Phi) is 6.95. The molecule has 2 fully saturated rings. The van der Waals surface area contributed by atoms with E-state index in [1.807, 2.05) is 35.4 Å². The standard InChI is InChI=1S/C29H31F3N8O2/c1-27(2,41)20-13-24(29(30,31)32)37-25(14-20)42-39-11-9-38(10-12-39)21-15-28(16-21,5-6-33)40-18-19(17-36-40)22-3-7-34-26-23(22)4-8-35-26/h3-4,7-8,13-14,17-18,21,41H,5,9-12,15-16H2,1-2H3,(H,34,35)/t21-,28-. The third kappa shape index (κ3) is 5.33. The monoisotopic (exact) mass is 580 g/mol. The van der Waals surface area contributed by atoms with Crippen LogP contribution in [0.2, 0.25) is 0 Å². The normalized spacial score (nSPS) is 22.2. The molecule has 1 saturated carbocycles. The summed E-state index contributed by atoms with van der Waals surface area (Å²) >= 11 is 0. The van der Waals surface area contributed by atoms with E-state index in [0.717, 1.165) is 41.1 Å². The van der Waals surface area contributed by atoms with E-state index in [1.54, 1.807) is 11.3 Å². The molecule has 4 aromatic heterocycles. The highest BCUT2D eigenvalue weighted by atomic mass is 19.4. The van der Waals surface area contributed by atoms with Gasteiger partial charge in [-0.05, 0) is 56.0 Å². The lowest BCUT2D eigenvalue weighted by atomic mass is 9.70. The first-order chi connectivity index (χ1) is 19.9. The van der Waals surface area contributed by atoms with Crippen LogP contribution in [0.5, 0.6) is 5.88 Å². The summed E-state index contributed by atoms with van der Waals surface area (Å²) in [5.41, 5.74) is -0.124. The number of hydroxylamine groups is 2. The molecule has 1 aliphatic heterocycles. The van der Waals surface area contributed by atoms with Crippen molar-refractivity contribution in [2.24, 2.45) is 0 Å². The summed E-state index contributed by atoms with van der Waals surface area (Å²) in [6, 6.07) is 8.72. The van der Waals surface area contributed by atoms with Gasteiger partial charge in [-0.25, -0.2) is 9.97 Å². The van der Waals surface area contributed by atoms with Crippen molar-refractivity contribution in [2.75, 3.05) is 26.2 Å². The van der Waals surface area contributed by atoms with Crippen LogP contribution in [-0.2, 0) is 17.3 Å². The van der Waals surface area contributed by atoms with Crippen LogP contribution in [0, 0.1) is 11.3 Å². The van der Waals surface area contributed by atoms with Crippen molar-refractivity contribution in [3.05, 3.63) is 60.3 Å². The molecule has 0 atom stereocenters. The Morgan fingerprint density at radius 3 is 2.62 bits per heavy atom. The van der Waals surface area contributed by atoms with Gasteiger partial charge in [-0.1, -0.05) is 0 Å². The highest BCUT2D eigenvalue weighted by molar-refractivity contribution is 5.92. The summed E-state index contributed by atoms with van der Waals surface area (Å²) in [4.78, 5) is 19.2. The first-order valence-electron chi connectivity index (χ1n) is 13.8. The molecule has 0 radical (unpaired) electrons. The number of H-pyrrole nitrogens is 1. The Labute approximate surface area is 240 Å². The zero-order chi connectivity index (χ0) is 29.7.